The van der Waals surface area contributed by atoms with Gasteiger partial charge in [0.1, 0.15) is 17.7 Å². The van der Waals surface area contributed by atoms with Crippen molar-refractivity contribution in [1.82, 2.24) is 20.0 Å². The van der Waals surface area contributed by atoms with E-state index in [-0.39, 0.29) is 32.1 Å². The van der Waals surface area contributed by atoms with Gasteiger partial charge in [-0.3, -0.25) is 9.48 Å². The van der Waals surface area contributed by atoms with E-state index < -0.39 is 23.9 Å². The molecule has 3 heterocycles. The Labute approximate surface area is 165 Å². The van der Waals surface area contributed by atoms with E-state index in [9.17, 15) is 18.4 Å². The fourth-order valence-electron chi connectivity index (χ4n) is 3.30. The van der Waals surface area contributed by atoms with Crippen molar-refractivity contribution in [2.24, 2.45) is 0 Å². The van der Waals surface area contributed by atoms with Gasteiger partial charge in [-0.05, 0) is 18.2 Å². The Morgan fingerprint density at radius 3 is 2.93 bits per heavy atom. The third-order valence-electron chi connectivity index (χ3n) is 4.63. The minimum Gasteiger partial charge on any atom is -0.348 e. The highest BCUT2D eigenvalue weighted by molar-refractivity contribution is 6.31. The molecular weight excluding hydrogens is 392 g/mol. The van der Waals surface area contributed by atoms with Crippen molar-refractivity contribution in [1.29, 1.82) is 0 Å². The summed E-state index contributed by atoms with van der Waals surface area (Å²) in [6.07, 6.45) is -0.754. The summed E-state index contributed by atoms with van der Waals surface area (Å²) < 4.78 is 28.4. The fraction of sp³-hybridized carbons (Fsp3) is 0.389. The normalized spacial score (nSPS) is 18.3. The molecule has 0 saturated heterocycles. The molecule has 28 heavy (non-hydrogen) atoms. The maximum Gasteiger partial charge on any atom is 0.322 e. The van der Waals surface area contributed by atoms with E-state index >= 15 is 0 Å². The Kier molecular flexibility index (Phi) is 5.55. The van der Waals surface area contributed by atoms with Crippen LogP contribution in [0.2, 0.25) is 5.02 Å². The number of benzene rings is 1. The number of carbonyl (C=O) groups excluding carboxylic acids is 2. The molecule has 10 heteroatoms. The summed E-state index contributed by atoms with van der Waals surface area (Å²) in [7, 11) is 0. The summed E-state index contributed by atoms with van der Waals surface area (Å²) in [6, 6.07) is 3.50. The standard InChI is InChI=1S/C17H16ClF2N5O2.CH4/c18-12-5-10(1-2-13(12)20)22-17(27)24-4-3-14-11(8-24)15-16(26)21-6-9(19)7-25(15)23-14;/h1-2,5,9H,3-4,6-8H2,(H,21,26)(H,22,27);1H4. The van der Waals surface area contributed by atoms with Crippen LogP contribution in [-0.4, -0.2) is 45.9 Å². The molecule has 7 nitrogen and oxygen atoms in total. The summed E-state index contributed by atoms with van der Waals surface area (Å²) in [4.78, 5) is 26.4. The van der Waals surface area contributed by atoms with Crippen molar-refractivity contribution in [3.8, 4) is 0 Å². The molecule has 2 N–H and O–H groups in total. The summed E-state index contributed by atoms with van der Waals surface area (Å²) in [5.41, 5.74) is 1.99. The van der Waals surface area contributed by atoms with Gasteiger partial charge >= 0.3 is 6.03 Å². The van der Waals surface area contributed by atoms with Gasteiger partial charge in [-0.25, -0.2) is 13.6 Å². The second-order valence-corrected chi connectivity index (χ2v) is 6.90. The highest BCUT2D eigenvalue weighted by atomic mass is 35.5. The van der Waals surface area contributed by atoms with Gasteiger partial charge in [0.15, 0.2) is 0 Å². The van der Waals surface area contributed by atoms with Gasteiger partial charge in [0.2, 0.25) is 0 Å². The number of urea groups is 1. The zero-order valence-corrected chi connectivity index (χ0v) is 14.9. The van der Waals surface area contributed by atoms with E-state index in [2.05, 4.69) is 15.7 Å². The number of nitrogens with one attached hydrogen (secondary N) is 2. The highest BCUT2D eigenvalue weighted by Gasteiger charge is 2.32. The molecule has 0 aliphatic carbocycles. The van der Waals surface area contributed by atoms with Crippen LogP contribution in [0.3, 0.4) is 0 Å². The van der Waals surface area contributed by atoms with E-state index in [0.29, 0.717) is 35.6 Å². The van der Waals surface area contributed by atoms with Crippen LogP contribution in [0.1, 0.15) is 29.2 Å². The maximum atomic E-state index is 13.8. The third kappa shape index (κ3) is 3.66. The smallest absolute Gasteiger partial charge is 0.322 e. The number of aromatic nitrogens is 2. The first-order valence-corrected chi connectivity index (χ1v) is 8.82. The number of anilines is 1. The molecule has 4 rings (SSSR count). The highest BCUT2D eigenvalue weighted by Crippen LogP contribution is 2.25. The number of alkyl halides is 1. The van der Waals surface area contributed by atoms with E-state index in [0.717, 1.165) is 0 Å². The number of nitrogens with zero attached hydrogens (tertiary/aromatic N) is 3. The molecule has 2 aliphatic heterocycles. The fourth-order valence-corrected chi connectivity index (χ4v) is 3.48. The molecule has 2 aromatic rings. The molecule has 150 valence electrons. The number of fused-ring (bicyclic) bond motifs is 3. The van der Waals surface area contributed by atoms with Crippen molar-refractivity contribution in [3.05, 3.63) is 46.0 Å². The van der Waals surface area contributed by atoms with Gasteiger partial charge in [-0.1, -0.05) is 19.0 Å². The number of hydrogen-bond donors (Lipinski definition) is 2. The van der Waals surface area contributed by atoms with Crippen molar-refractivity contribution in [3.63, 3.8) is 0 Å². The lowest BCUT2D eigenvalue weighted by Gasteiger charge is -2.27. The quantitative estimate of drug-likeness (QED) is 0.757. The summed E-state index contributed by atoms with van der Waals surface area (Å²) in [6.45, 7) is 0.508. The van der Waals surface area contributed by atoms with Crippen LogP contribution < -0.4 is 10.6 Å². The molecule has 0 spiro atoms. The van der Waals surface area contributed by atoms with Gasteiger partial charge in [0, 0.05) is 24.2 Å². The van der Waals surface area contributed by atoms with Crippen molar-refractivity contribution < 1.29 is 18.4 Å². The monoisotopic (exact) mass is 411 g/mol. The minimum atomic E-state index is -1.21. The molecule has 0 saturated carbocycles. The number of rotatable bonds is 1. The van der Waals surface area contributed by atoms with Crippen LogP contribution in [0.5, 0.6) is 0 Å². The predicted octanol–water partition coefficient (Wildman–Crippen LogP) is 2.98. The summed E-state index contributed by atoms with van der Waals surface area (Å²) in [5.74, 6) is -0.964. The van der Waals surface area contributed by atoms with Gasteiger partial charge in [0.25, 0.3) is 5.91 Å². The first kappa shape index (κ1) is 20.1. The SMILES string of the molecule is C.O=C1NCC(F)Cn2nc3c(c21)CN(C(=O)Nc1ccc(F)c(Cl)c1)CC3. The van der Waals surface area contributed by atoms with E-state index in [1.807, 2.05) is 0 Å². The second kappa shape index (κ2) is 7.75. The van der Waals surface area contributed by atoms with Crippen LogP contribution in [0.15, 0.2) is 18.2 Å². The molecule has 0 bridgehead atoms. The first-order chi connectivity index (χ1) is 12.9. The second-order valence-electron chi connectivity index (χ2n) is 6.49. The molecule has 0 fully saturated rings. The Balaban J connectivity index is 0.00000225. The number of amides is 3. The topological polar surface area (TPSA) is 79.3 Å². The first-order valence-electron chi connectivity index (χ1n) is 8.44. The Morgan fingerprint density at radius 2 is 2.18 bits per heavy atom. The largest absolute Gasteiger partial charge is 0.348 e. The minimum absolute atomic E-state index is 0. The molecular formula is C18H20ClF2N5O2. The Bertz CT molecular complexity index is 933. The average Bonchev–Trinajstić information content (AvgIpc) is 2.92. The average molecular weight is 412 g/mol. The van der Waals surface area contributed by atoms with Crippen LogP contribution in [0.25, 0.3) is 0 Å². The zero-order chi connectivity index (χ0) is 19.1. The van der Waals surface area contributed by atoms with E-state index in [1.165, 1.54) is 27.8 Å². The molecule has 3 amide bonds. The molecule has 1 unspecified atom stereocenters. The molecule has 0 radical (unpaired) electrons. The number of halogens is 3. The van der Waals surface area contributed by atoms with Gasteiger partial charge in [0.05, 0.1) is 30.4 Å². The van der Waals surface area contributed by atoms with E-state index in [4.69, 9.17) is 11.6 Å². The summed E-state index contributed by atoms with van der Waals surface area (Å²) in [5, 5.41) is 9.46. The Morgan fingerprint density at radius 1 is 1.39 bits per heavy atom. The molecule has 1 atom stereocenters. The summed E-state index contributed by atoms with van der Waals surface area (Å²) >= 11 is 5.73. The van der Waals surface area contributed by atoms with Crippen molar-refractivity contribution in [2.45, 2.75) is 33.1 Å². The lowest BCUT2D eigenvalue weighted by Crippen LogP contribution is -2.39. The van der Waals surface area contributed by atoms with Gasteiger partial charge < -0.3 is 15.5 Å². The van der Waals surface area contributed by atoms with Crippen LogP contribution in [0, 0.1) is 5.82 Å². The number of hydrogen-bond acceptors (Lipinski definition) is 3. The van der Waals surface area contributed by atoms with E-state index in [1.54, 1.807) is 0 Å². The maximum absolute atomic E-state index is 13.8. The lowest BCUT2D eigenvalue weighted by molar-refractivity contribution is 0.0943. The molecule has 1 aromatic carbocycles. The third-order valence-corrected chi connectivity index (χ3v) is 4.92. The van der Waals surface area contributed by atoms with Gasteiger partial charge in [-0.2, -0.15) is 5.10 Å². The van der Waals surface area contributed by atoms with Crippen molar-refractivity contribution in [2.75, 3.05) is 18.4 Å². The van der Waals surface area contributed by atoms with Gasteiger partial charge in [-0.15, -0.1) is 0 Å². The van der Waals surface area contributed by atoms with Crippen molar-refractivity contribution >= 4 is 29.2 Å². The lowest BCUT2D eigenvalue weighted by atomic mass is 10.1. The van der Waals surface area contributed by atoms with Crippen LogP contribution in [-0.2, 0) is 19.5 Å². The van der Waals surface area contributed by atoms with Crippen LogP contribution >= 0.6 is 11.6 Å². The predicted molar refractivity (Wildman–Crippen MR) is 101 cm³/mol. The number of carbonyl (C=O) groups is 2. The molecule has 1 aromatic heterocycles. The Hall–Kier alpha value is -2.68. The van der Waals surface area contributed by atoms with Crippen LogP contribution in [0.4, 0.5) is 19.3 Å². The zero-order valence-electron chi connectivity index (χ0n) is 14.1. The molecule has 2 aliphatic rings.